The predicted molar refractivity (Wildman–Crippen MR) is 55.4 cm³/mol. The standard InChI is InChI=1S/C12H11F2NO2/c1-3-9-10(17-12(13,14)16-9)6-8(2)11(7-15)4-5-11/h3,6H,1,4-5H2,2H3/b8-6+. The molecule has 5 heteroatoms. The predicted octanol–water partition coefficient (Wildman–Crippen LogP) is 3.23. The van der Waals surface area contributed by atoms with E-state index in [1.807, 2.05) is 0 Å². The van der Waals surface area contributed by atoms with Crippen molar-refractivity contribution >= 4 is 0 Å². The van der Waals surface area contributed by atoms with Gasteiger partial charge in [-0.15, -0.1) is 8.78 Å². The summed E-state index contributed by atoms with van der Waals surface area (Å²) in [6, 6.07) is 2.18. The first-order chi connectivity index (χ1) is 7.92. The zero-order valence-corrected chi connectivity index (χ0v) is 9.30. The molecule has 1 fully saturated rings. The van der Waals surface area contributed by atoms with Gasteiger partial charge in [-0.3, -0.25) is 0 Å². The van der Waals surface area contributed by atoms with E-state index in [1.54, 1.807) is 6.92 Å². The van der Waals surface area contributed by atoms with Crippen LogP contribution in [0.2, 0.25) is 0 Å². The van der Waals surface area contributed by atoms with E-state index in [0.29, 0.717) is 5.57 Å². The largest absolute Gasteiger partial charge is 0.586 e. The van der Waals surface area contributed by atoms with Crippen LogP contribution in [0.4, 0.5) is 8.78 Å². The molecule has 0 aromatic rings. The third-order valence-corrected chi connectivity index (χ3v) is 2.95. The minimum atomic E-state index is -3.65. The van der Waals surface area contributed by atoms with Crippen molar-refractivity contribution in [2.24, 2.45) is 5.41 Å². The molecule has 0 aromatic carbocycles. The van der Waals surface area contributed by atoms with E-state index in [9.17, 15) is 8.78 Å². The lowest BCUT2D eigenvalue weighted by Crippen LogP contribution is -2.16. The van der Waals surface area contributed by atoms with Gasteiger partial charge in [0.05, 0.1) is 11.5 Å². The van der Waals surface area contributed by atoms with Crippen LogP contribution in [0.5, 0.6) is 0 Å². The second kappa shape index (κ2) is 3.59. The molecule has 1 saturated carbocycles. The molecule has 0 saturated heterocycles. The maximum Gasteiger partial charge on any atom is 0.586 e. The van der Waals surface area contributed by atoms with Crippen molar-refractivity contribution in [1.82, 2.24) is 0 Å². The van der Waals surface area contributed by atoms with Crippen molar-refractivity contribution in [2.45, 2.75) is 26.1 Å². The Labute approximate surface area is 97.6 Å². The van der Waals surface area contributed by atoms with Crippen LogP contribution in [0.3, 0.4) is 0 Å². The van der Waals surface area contributed by atoms with Gasteiger partial charge in [0.15, 0.2) is 11.5 Å². The summed E-state index contributed by atoms with van der Waals surface area (Å²) in [5, 5.41) is 8.98. The second-order valence-corrected chi connectivity index (χ2v) is 4.12. The van der Waals surface area contributed by atoms with Gasteiger partial charge in [0.2, 0.25) is 0 Å². The molecule has 0 spiro atoms. The monoisotopic (exact) mass is 239 g/mol. The van der Waals surface area contributed by atoms with Crippen molar-refractivity contribution in [3.63, 3.8) is 0 Å². The summed E-state index contributed by atoms with van der Waals surface area (Å²) in [6.45, 7) is 5.10. The number of nitriles is 1. The molecule has 1 aliphatic carbocycles. The van der Waals surface area contributed by atoms with E-state index in [0.717, 1.165) is 18.9 Å². The highest BCUT2D eigenvalue weighted by Gasteiger charge is 2.47. The normalized spacial score (nSPS) is 24.7. The van der Waals surface area contributed by atoms with Crippen LogP contribution in [0.1, 0.15) is 19.8 Å². The summed E-state index contributed by atoms with van der Waals surface area (Å²) in [5.74, 6) is -0.188. The van der Waals surface area contributed by atoms with Gasteiger partial charge in [-0.05, 0) is 37.5 Å². The van der Waals surface area contributed by atoms with Crippen molar-refractivity contribution in [1.29, 1.82) is 5.26 Å². The Kier molecular flexibility index (Phi) is 2.46. The van der Waals surface area contributed by atoms with Gasteiger partial charge >= 0.3 is 6.29 Å². The van der Waals surface area contributed by atoms with Gasteiger partial charge < -0.3 is 9.47 Å². The van der Waals surface area contributed by atoms with Crippen LogP contribution in [0.25, 0.3) is 0 Å². The Morgan fingerprint density at radius 1 is 1.41 bits per heavy atom. The number of hydrogen-bond donors (Lipinski definition) is 0. The maximum atomic E-state index is 12.8. The molecule has 17 heavy (non-hydrogen) atoms. The SMILES string of the molecule is C=CC1=C(/C=C(\C)C2(C#N)CC2)OC(F)(F)O1. The molecule has 0 atom stereocenters. The Morgan fingerprint density at radius 3 is 2.47 bits per heavy atom. The maximum absolute atomic E-state index is 12.8. The molecule has 0 unspecified atom stereocenters. The first kappa shape index (κ1) is 11.6. The van der Waals surface area contributed by atoms with Gasteiger partial charge in [0.1, 0.15) is 0 Å². The zero-order chi connectivity index (χ0) is 12.7. The Bertz CT molecular complexity index is 467. The summed E-state index contributed by atoms with van der Waals surface area (Å²) in [4.78, 5) is 0. The van der Waals surface area contributed by atoms with Gasteiger partial charge in [-0.25, -0.2) is 0 Å². The van der Waals surface area contributed by atoms with Gasteiger partial charge in [-0.1, -0.05) is 6.58 Å². The fourth-order valence-corrected chi connectivity index (χ4v) is 1.67. The summed E-state index contributed by atoms with van der Waals surface area (Å²) in [6.07, 6.45) is 0.429. The van der Waals surface area contributed by atoms with Crippen molar-refractivity contribution < 1.29 is 18.3 Å². The molecule has 90 valence electrons. The lowest BCUT2D eigenvalue weighted by atomic mass is 9.98. The van der Waals surface area contributed by atoms with Gasteiger partial charge in [0, 0.05) is 0 Å². The van der Waals surface area contributed by atoms with Crippen LogP contribution >= 0.6 is 0 Å². The van der Waals surface area contributed by atoms with E-state index in [4.69, 9.17) is 5.26 Å². The molecule has 1 aliphatic heterocycles. The topological polar surface area (TPSA) is 42.2 Å². The van der Waals surface area contributed by atoms with Crippen LogP contribution < -0.4 is 0 Å². The van der Waals surface area contributed by atoms with E-state index in [-0.39, 0.29) is 11.5 Å². The minimum Gasteiger partial charge on any atom is -0.395 e. The number of nitrogens with zero attached hydrogens (tertiary/aromatic N) is 1. The number of rotatable bonds is 3. The summed E-state index contributed by atoms with van der Waals surface area (Å²) >= 11 is 0. The fraction of sp³-hybridized carbons (Fsp3) is 0.417. The highest BCUT2D eigenvalue weighted by atomic mass is 19.3. The Hall–Kier alpha value is -1.83. The lowest BCUT2D eigenvalue weighted by molar-refractivity contribution is -0.335. The van der Waals surface area contributed by atoms with E-state index in [2.05, 4.69) is 22.1 Å². The van der Waals surface area contributed by atoms with Crippen molar-refractivity contribution in [3.05, 3.63) is 35.8 Å². The second-order valence-electron chi connectivity index (χ2n) is 4.12. The molecule has 0 aromatic heterocycles. The Morgan fingerprint density at radius 2 is 2.00 bits per heavy atom. The van der Waals surface area contributed by atoms with E-state index >= 15 is 0 Å². The molecule has 0 amide bonds. The number of halogens is 2. The highest BCUT2D eigenvalue weighted by molar-refractivity contribution is 5.36. The molecule has 0 radical (unpaired) electrons. The van der Waals surface area contributed by atoms with Gasteiger partial charge in [-0.2, -0.15) is 5.26 Å². The molecule has 0 bridgehead atoms. The molecule has 2 rings (SSSR count). The number of ether oxygens (including phenoxy) is 2. The van der Waals surface area contributed by atoms with Crippen molar-refractivity contribution in [3.8, 4) is 6.07 Å². The van der Waals surface area contributed by atoms with Crippen LogP contribution in [0, 0.1) is 16.7 Å². The highest BCUT2D eigenvalue weighted by Crippen LogP contribution is 2.51. The fourth-order valence-electron chi connectivity index (χ4n) is 1.67. The molecule has 2 aliphatic rings. The minimum absolute atomic E-state index is 0.0796. The summed E-state index contributed by atoms with van der Waals surface area (Å²) in [7, 11) is 0. The number of allylic oxidation sites excluding steroid dienone is 3. The first-order valence-electron chi connectivity index (χ1n) is 5.15. The molecular weight excluding hydrogens is 228 g/mol. The number of alkyl halides is 2. The third-order valence-electron chi connectivity index (χ3n) is 2.95. The van der Waals surface area contributed by atoms with Crippen LogP contribution in [-0.2, 0) is 9.47 Å². The average Bonchev–Trinajstić information content (AvgIpc) is 3.00. The van der Waals surface area contributed by atoms with Crippen molar-refractivity contribution in [2.75, 3.05) is 0 Å². The zero-order valence-electron chi connectivity index (χ0n) is 9.30. The quantitative estimate of drug-likeness (QED) is 0.759. The first-order valence-corrected chi connectivity index (χ1v) is 5.15. The summed E-state index contributed by atoms with van der Waals surface area (Å²) in [5.41, 5.74) is 0.191. The smallest absolute Gasteiger partial charge is 0.395 e. The number of hydrogen-bond acceptors (Lipinski definition) is 3. The average molecular weight is 239 g/mol. The summed E-state index contributed by atoms with van der Waals surface area (Å²) < 4.78 is 34.3. The lowest BCUT2D eigenvalue weighted by Gasteiger charge is -2.08. The third kappa shape index (κ3) is 2.03. The molecule has 1 heterocycles. The van der Waals surface area contributed by atoms with E-state index in [1.165, 1.54) is 6.08 Å². The van der Waals surface area contributed by atoms with Crippen LogP contribution in [0.15, 0.2) is 35.8 Å². The Balaban J connectivity index is 2.27. The van der Waals surface area contributed by atoms with Crippen LogP contribution in [-0.4, -0.2) is 6.29 Å². The molecule has 3 nitrogen and oxygen atoms in total. The molecular formula is C12H11F2NO2. The molecule has 0 N–H and O–H groups in total. The van der Waals surface area contributed by atoms with Gasteiger partial charge in [0.25, 0.3) is 0 Å². The van der Waals surface area contributed by atoms with E-state index < -0.39 is 11.7 Å².